The van der Waals surface area contributed by atoms with Gasteiger partial charge in [0.15, 0.2) is 0 Å². The van der Waals surface area contributed by atoms with Gasteiger partial charge in [-0.25, -0.2) is 9.37 Å². The van der Waals surface area contributed by atoms with Crippen LogP contribution in [-0.4, -0.2) is 32.8 Å². The Kier molecular flexibility index (Phi) is 7.63. The number of anilines is 1. The van der Waals surface area contributed by atoms with Gasteiger partial charge in [0.2, 0.25) is 17.8 Å². The van der Waals surface area contributed by atoms with Crippen LogP contribution in [0.25, 0.3) is 16.9 Å². The van der Waals surface area contributed by atoms with E-state index in [0.717, 1.165) is 5.56 Å². The molecule has 0 aliphatic rings. The van der Waals surface area contributed by atoms with Crippen LogP contribution in [-0.2, 0) is 16.1 Å². The van der Waals surface area contributed by atoms with Gasteiger partial charge in [0.25, 0.3) is 0 Å². The molecule has 0 unspecified atom stereocenters. The van der Waals surface area contributed by atoms with Crippen molar-refractivity contribution in [2.45, 2.75) is 33.7 Å². The maximum Gasteiger partial charge on any atom is 0.246 e. The van der Waals surface area contributed by atoms with Crippen LogP contribution in [0.2, 0.25) is 0 Å². The number of halogens is 1. The molecule has 8 heteroatoms. The van der Waals surface area contributed by atoms with Crippen LogP contribution in [0.4, 0.5) is 10.3 Å². The van der Waals surface area contributed by atoms with E-state index in [1.165, 1.54) is 17.2 Å². The molecule has 2 aromatic carbocycles. The molecule has 7 nitrogen and oxygen atoms in total. The zero-order valence-electron chi connectivity index (χ0n) is 20.6. The van der Waals surface area contributed by atoms with Crippen molar-refractivity contribution < 1.29 is 18.4 Å². The van der Waals surface area contributed by atoms with Gasteiger partial charge in [-0.15, -0.1) is 0 Å². The minimum Gasteiger partial charge on any atom is -0.467 e. The van der Waals surface area contributed by atoms with Crippen LogP contribution in [0, 0.1) is 18.7 Å². The van der Waals surface area contributed by atoms with Crippen LogP contribution in [0.3, 0.4) is 0 Å². The number of aryl methyl sites for hydroxylation is 1. The highest BCUT2D eigenvalue weighted by molar-refractivity contribution is 5.94. The second-order valence-corrected chi connectivity index (χ2v) is 9.09. The number of rotatable bonds is 9. The quantitative estimate of drug-likeness (QED) is 0.333. The molecule has 0 aliphatic carbocycles. The summed E-state index contributed by atoms with van der Waals surface area (Å²) in [6.07, 6.45) is 3.59. The molecule has 36 heavy (non-hydrogen) atoms. The van der Waals surface area contributed by atoms with Gasteiger partial charge < -0.3 is 9.32 Å². The van der Waals surface area contributed by atoms with Crippen LogP contribution in [0.1, 0.15) is 31.6 Å². The van der Waals surface area contributed by atoms with Crippen LogP contribution in [0.5, 0.6) is 0 Å². The summed E-state index contributed by atoms with van der Waals surface area (Å²) in [5.41, 5.74) is 2.51. The maximum absolute atomic E-state index is 14.4. The smallest absolute Gasteiger partial charge is 0.246 e. The second-order valence-electron chi connectivity index (χ2n) is 9.09. The average molecular weight is 489 g/mol. The molecule has 4 rings (SSSR count). The van der Waals surface area contributed by atoms with E-state index >= 15 is 0 Å². The molecule has 186 valence electrons. The Hall–Kier alpha value is -4.20. The van der Waals surface area contributed by atoms with E-state index in [-0.39, 0.29) is 36.7 Å². The van der Waals surface area contributed by atoms with Crippen LogP contribution < -0.4 is 5.32 Å². The van der Waals surface area contributed by atoms with Crippen molar-refractivity contribution in [2.24, 2.45) is 5.92 Å². The molecule has 0 radical (unpaired) electrons. The molecule has 2 heterocycles. The number of nitrogens with zero attached hydrogens (tertiary/aromatic N) is 3. The minimum absolute atomic E-state index is 0.142. The molecule has 0 spiro atoms. The Morgan fingerprint density at radius 1 is 1.11 bits per heavy atom. The number of carbonyl (C=O) groups is 2. The Morgan fingerprint density at radius 3 is 2.56 bits per heavy atom. The van der Waals surface area contributed by atoms with Gasteiger partial charge >= 0.3 is 0 Å². The van der Waals surface area contributed by atoms with Gasteiger partial charge in [0.1, 0.15) is 18.1 Å². The number of amides is 2. The van der Waals surface area contributed by atoms with Crippen molar-refractivity contribution in [1.82, 2.24) is 14.5 Å². The topological polar surface area (TPSA) is 80.4 Å². The van der Waals surface area contributed by atoms with Gasteiger partial charge in [-0.1, -0.05) is 50.2 Å². The Balaban J connectivity index is 1.61. The number of carbonyl (C=O) groups excluding carboxylic acids is 2. The molecule has 0 fully saturated rings. The van der Waals surface area contributed by atoms with Crippen molar-refractivity contribution in [3.05, 3.63) is 90.3 Å². The molecule has 4 aromatic rings. The zero-order valence-corrected chi connectivity index (χ0v) is 20.6. The summed E-state index contributed by atoms with van der Waals surface area (Å²) in [4.78, 5) is 32.1. The highest BCUT2D eigenvalue weighted by Crippen LogP contribution is 2.25. The lowest BCUT2D eigenvalue weighted by Gasteiger charge is -2.22. The summed E-state index contributed by atoms with van der Waals surface area (Å²) in [6.45, 7) is 5.59. The molecule has 2 amide bonds. The SMILES string of the molecule is Cc1ccc(-n2cc(-c3ccccc3)nc2NC(=O)CN(Cc2ccco2)C(=O)CC(C)C)cc1F. The van der Waals surface area contributed by atoms with E-state index in [0.29, 0.717) is 29.1 Å². The highest BCUT2D eigenvalue weighted by atomic mass is 19.1. The number of furan rings is 1. The number of imidazole rings is 1. The normalized spacial score (nSPS) is 11.0. The third-order valence-corrected chi connectivity index (χ3v) is 5.66. The first-order valence-electron chi connectivity index (χ1n) is 11.8. The van der Waals surface area contributed by atoms with E-state index in [1.54, 1.807) is 42.0 Å². The molecule has 2 aromatic heterocycles. The van der Waals surface area contributed by atoms with Gasteiger partial charge in [0, 0.05) is 18.2 Å². The third kappa shape index (κ3) is 6.07. The fraction of sp³-hybridized carbons (Fsp3) is 0.250. The Bertz CT molecular complexity index is 1330. The van der Waals surface area contributed by atoms with Crippen molar-refractivity contribution in [3.63, 3.8) is 0 Å². The van der Waals surface area contributed by atoms with Gasteiger partial charge in [0.05, 0.1) is 24.2 Å². The first kappa shape index (κ1) is 24.9. The molecular formula is C28H29FN4O3. The predicted molar refractivity (Wildman–Crippen MR) is 136 cm³/mol. The number of hydrogen-bond acceptors (Lipinski definition) is 4. The van der Waals surface area contributed by atoms with E-state index in [1.807, 2.05) is 44.2 Å². The lowest BCUT2D eigenvalue weighted by molar-refractivity contribution is -0.136. The molecule has 0 atom stereocenters. The van der Waals surface area contributed by atoms with Gasteiger partial charge in [-0.3, -0.25) is 19.5 Å². The maximum atomic E-state index is 14.4. The first-order chi connectivity index (χ1) is 17.3. The van der Waals surface area contributed by atoms with E-state index in [4.69, 9.17) is 4.42 Å². The third-order valence-electron chi connectivity index (χ3n) is 5.66. The van der Waals surface area contributed by atoms with Crippen molar-refractivity contribution in [2.75, 3.05) is 11.9 Å². The Morgan fingerprint density at radius 2 is 1.89 bits per heavy atom. The standard InChI is InChI=1S/C28H29FN4O3/c1-19(2)14-27(35)32(16-23-10-7-13-36-23)18-26(34)31-28-30-25(21-8-5-4-6-9-21)17-33(28)22-12-11-20(3)24(29)15-22/h4-13,15,17,19H,14,16,18H2,1-3H3,(H,30,31,34). The monoisotopic (exact) mass is 488 g/mol. The van der Waals surface area contributed by atoms with Gasteiger partial charge in [-0.05, 0) is 42.7 Å². The summed E-state index contributed by atoms with van der Waals surface area (Å²) in [6, 6.07) is 17.8. The zero-order chi connectivity index (χ0) is 25.7. The number of benzene rings is 2. The Labute approximate surface area is 209 Å². The van der Waals surface area contributed by atoms with Crippen LogP contribution >= 0.6 is 0 Å². The minimum atomic E-state index is -0.419. The van der Waals surface area contributed by atoms with Crippen molar-refractivity contribution in [3.8, 4) is 16.9 Å². The summed E-state index contributed by atoms with van der Waals surface area (Å²) in [5, 5.41) is 2.82. The molecular weight excluding hydrogens is 459 g/mol. The molecule has 1 N–H and O–H groups in total. The van der Waals surface area contributed by atoms with Crippen molar-refractivity contribution in [1.29, 1.82) is 0 Å². The highest BCUT2D eigenvalue weighted by Gasteiger charge is 2.21. The first-order valence-corrected chi connectivity index (χ1v) is 11.8. The summed E-state index contributed by atoms with van der Waals surface area (Å²) in [7, 11) is 0. The van der Waals surface area contributed by atoms with E-state index < -0.39 is 5.91 Å². The van der Waals surface area contributed by atoms with Crippen LogP contribution in [0.15, 0.2) is 77.5 Å². The van der Waals surface area contributed by atoms with Crippen molar-refractivity contribution >= 4 is 17.8 Å². The molecule has 0 aliphatic heterocycles. The van der Waals surface area contributed by atoms with E-state index in [9.17, 15) is 14.0 Å². The molecule has 0 saturated carbocycles. The molecule has 0 bridgehead atoms. The lowest BCUT2D eigenvalue weighted by Crippen LogP contribution is -2.38. The predicted octanol–water partition coefficient (Wildman–Crippen LogP) is 5.59. The molecule has 0 saturated heterocycles. The number of nitrogens with one attached hydrogen (secondary N) is 1. The van der Waals surface area contributed by atoms with E-state index in [2.05, 4.69) is 10.3 Å². The summed E-state index contributed by atoms with van der Waals surface area (Å²) in [5.74, 6) is 0.0366. The summed E-state index contributed by atoms with van der Waals surface area (Å²) >= 11 is 0. The lowest BCUT2D eigenvalue weighted by atomic mass is 10.1. The largest absolute Gasteiger partial charge is 0.467 e. The fourth-order valence-corrected chi connectivity index (χ4v) is 3.78. The van der Waals surface area contributed by atoms with Gasteiger partial charge in [-0.2, -0.15) is 0 Å². The number of hydrogen-bond donors (Lipinski definition) is 1. The number of aromatic nitrogens is 2. The average Bonchev–Trinajstić information content (AvgIpc) is 3.51. The summed E-state index contributed by atoms with van der Waals surface area (Å²) < 4.78 is 21.4. The fourth-order valence-electron chi connectivity index (χ4n) is 3.78. The second kappa shape index (κ2) is 11.0.